The molecule has 1 aromatic carbocycles. The van der Waals surface area contributed by atoms with Gasteiger partial charge in [-0.2, -0.15) is 4.98 Å². The number of imidazole rings is 1. The molecule has 170 valence electrons. The molecule has 0 spiro atoms. The normalized spacial score (nSPS) is 14.5. The zero-order valence-corrected chi connectivity index (χ0v) is 18.1. The van der Waals surface area contributed by atoms with E-state index in [1.54, 1.807) is 48.7 Å². The summed E-state index contributed by atoms with van der Waals surface area (Å²) in [6, 6.07) is 8.10. The first-order valence-corrected chi connectivity index (χ1v) is 10.9. The Morgan fingerprint density at radius 3 is 2.76 bits per heavy atom. The summed E-state index contributed by atoms with van der Waals surface area (Å²) >= 11 is 0. The lowest BCUT2D eigenvalue weighted by atomic mass is 10.1. The third-order valence-electron chi connectivity index (χ3n) is 5.63. The molecule has 1 N–H and O–H groups in total. The number of likely N-dealkylation sites (tertiary alicyclic amines) is 1. The van der Waals surface area contributed by atoms with Crippen molar-refractivity contribution in [1.29, 1.82) is 0 Å². The first kappa shape index (κ1) is 20.9. The van der Waals surface area contributed by atoms with Crippen LogP contribution in [0.25, 0.3) is 28.5 Å². The van der Waals surface area contributed by atoms with Gasteiger partial charge in [-0.15, -0.1) is 0 Å². The second-order valence-electron chi connectivity index (χ2n) is 7.74. The maximum Gasteiger partial charge on any atom is 0.409 e. The molecule has 1 fully saturated rings. The highest BCUT2D eigenvalue weighted by atomic mass is 19.1. The van der Waals surface area contributed by atoms with Gasteiger partial charge in [0.15, 0.2) is 0 Å². The Labute approximate surface area is 189 Å². The first-order chi connectivity index (χ1) is 16.1. The minimum atomic E-state index is -0.314. The van der Waals surface area contributed by atoms with Gasteiger partial charge >= 0.3 is 11.9 Å². The molecular formula is C23H23FN6O3. The number of oxazole rings is 1. The number of carbonyl (C=O) groups is 1. The van der Waals surface area contributed by atoms with Crippen LogP contribution >= 0.6 is 0 Å². The monoisotopic (exact) mass is 450 g/mol. The van der Waals surface area contributed by atoms with Crippen LogP contribution in [0.3, 0.4) is 0 Å². The molecule has 4 heterocycles. The van der Waals surface area contributed by atoms with Crippen LogP contribution in [0.1, 0.15) is 19.8 Å². The largest absolute Gasteiger partial charge is 0.450 e. The van der Waals surface area contributed by atoms with Crippen molar-refractivity contribution in [1.82, 2.24) is 24.3 Å². The summed E-state index contributed by atoms with van der Waals surface area (Å²) in [6.45, 7) is 3.40. The third-order valence-corrected chi connectivity index (χ3v) is 5.63. The van der Waals surface area contributed by atoms with Crippen LogP contribution in [0.5, 0.6) is 0 Å². The number of benzene rings is 1. The van der Waals surface area contributed by atoms with Crippen molar-refractivity contribution in [3.8, 4) is 22.6 Å². The molecule has 1 saturated heterocycles. The van der Waals surface area contributed by atoms with E-state index in [0.29, 0.717) is 42.9 Å². The average molecular weight is 450 g/mol. The van der Waals surface area contributed by atoms with Crippen LogP contribution in [0.4, 0.5) is 15.1 Å². The molecule has 0 saturated carbocycles. The van der Waals surface area contributed by atoms with Gasteiger partial charge in [-0.25, -0.2) is 19.2 Å². The molecule has 0 unspecified atom stereocenters. The van der Waals surface area contributed by atoms with Crippen LogP contribution in [-0.2, 0) is 4.74 Å². The molecule has 9 nitrogen and oxygen atoms in total. The first-order valence-electron chi connectivity index (χ1n) is 10.9. The van der Waals surface area contributed by atoms with E-state index in [1.165, 1.54) is 12.1 Å². The fourth-order valence-corrected chi connectivity index (χ4v) is 4.00. The van der Waals surface area contributed by atoms with Gasteiger partial charge in [0.25, 0.3) is 0 Å². The topological polar surface area (TPSA) is 97.8 Å². The number of aromatic nitrogens is 4. The Balaban J connectivity index is 1.39. The predicted molar refractivity (Wildman–Crippen MR) is 119 cm³/mol. The van der Waals surface area contributed by atoms with Gasteiger partial charge in [0.05, 0.1) is 12.3 Å². The Morgan fingerprint density at radius 1 is 1.21 bits per heavy atom. The Morgan fingerprint density at radius 2 is 2.00 bits per heavy atom. The van der Waals surface area contributed by atoms with E-state index in [0.717, 1.165) is 24.1 Å². The van der Waals surface area contributed by atoms with Crippen LogP contribution in [0, 0.1) is 5.82 Å². The zero-order chi connectivity index (χ0) is 22.8. The zero-order valence-electron chi connectivity index (χ0n) is 18.1. The van der Waals surface area contributed by atoms with Gasteiger partial charge in [-0.1, -0.05) is 0 Å². The van der Waals surface area contributed by atoms with Crippen molar-refractivity contribution in [2.24, 2.45) is 0 Å². The third kappa shape index (κ3) is 4.23. The highest BCUT2D eigenvalue weighted by molar-refractivity contribution is 5.79. The molecule has 1 aliphatic rings. The van der Waals surface area contributed by atoms with Crippen molar-refractivity contribution in [2.75, 3.05) is 25.0 Å². The summed E-state index contributed by atoms with van der Waals surface area (Å²) in [6.07, 6.45) is 6.28. The van der Waals surface area contributed by atoms with Gasteiger partial charge in [0.2, 0.25) is 5.95 Å². The molecule has 33 heavy (non-hydrogen) atoms. The minimum Gasteiger partial charge on any atom is -0.450 e. The molecule has 3 aromatic heterocycles. The number of hydrogen-bond donors (Lipinski definition) is 1. The maximum atomic E-state index is 13.5. The Kier molecular flexibility index (Phi) is 5.64. The van der Waals surface area contributed by atoms with E-state index in [-0.39, 0.29) is 18.0 Å². The lowest BCUT2D eigenvalue weighted by Gasteiger charge is -2.31. The van der Waals surface area contributed by atoms with Crippen LogP contribution in [0.15, 0.2) is 53.4 Å². The molecule has 0 radical (unpaired) electrons. The van der Waals surface area contributed by atoms with E-state index in [2.05, 4.69) is 15.3 Å². The number of halogens is 1. The number of hydrogen-bond acceptors (Lipinski definition) is 7. The molecule has 0 atom stereocenters. The standard InChI is InChI=1S/C23H23FN6O3/c1-2-32-23(31)29-11-8-17(9-12-29)26-21-25-10-7-18(27-21)20-19(15-3-5-16(24)6-4-15)28-22-30(20)13-14-33-22/h3-7,10,13-14,17H,2,8-9,11-12H2,1H3,(H,25,26,27). The fraction of sp³-hybridized carbons (Fsp3) is 0.304. The fourth-order valence-electron chi connectivity index (χ4n) is 4.00. The second kappa shape index (κ2) is 8.89. The van der Waals surface area contributed by atoms with Crippen LogP contribution in [0.2, 0.25) is 0 Å². The number of piperidine rings is 1. The maximum absolute atomic E-state index is 13.5. The summed E-state index contributed by atoms with van der Waals surface area (Å²) < 4.78 is 25.8. The predicted octanol–water partition coefficient (Wildman–Crippen LogP) is 4.22. The molecule has 1 aliphatic heterocycles. The number of anilines is 1. The van der Waals surface area contributed by atoms with Gasteiger partial charge in [0, 0.05) is 37.1 Å². The summed E-state index contributed by atoms with van der Waals surface area (Å²) in [5.74, 6) is 0.597. The molecule has 1 amide bonds. The van der Waals surface area contributed by atoms with Crippen LogP contribution in [-0.4, -0.2) is 56.1 Å². The summed E-state index contributed by atoms with van der Waals surface area (Å²) in [5, 5.41) is 3.38. The number of nitrogens with one attached hydrogen (secondary N) is 1. The van der Waals surface area contributed by atoms with Crippen molar-refractivity contribution in [3.05, 3.63) is 54.8 Å². The average Bonchev–Trinajstić information content (AvgIpc) is 3.42. The van der Waals surface area contributed by atoms with Gasteiger partial charge in [-0.3, -0.25) is 4.40 Å². The van der Waals surface area contributed by atoms with E-state index in [1.807, 2.05) is 4.40 Å². The molecular weight excluding hydrogens is 427 g/mol. The smallest absolute Gasteiger partial charge is 0.409 e. The summed E-state index contributed by atoms with van der Waals surface area (Å²) in [4.78, 5) is 27.3. The molecule has 0 bridgehead atoms. The van der Waals surface area contributed by atoms with Crippen LogP contribution < -0.4 is 5.32 Å². The van der Waals surface area contributed by atoms with Crippen molar-refractivity contribution in [3.63, 3.8) is 0 Å². The molecule has 10 heteroatoms. The lowest BCUT2D eigenvalue weighted by molar-refractivity contribution is 0.0983. The number of amides is 1. The van der Waals surface area contributed by atoms with E-state index in [9.17, 15) is 9.18 Å². The molecule has 0 aliphatic carbocycles. The summed E-state index contributed by atoms with van der Waals surface area (Å²) in [7, 11) is 0. The highest BCUT2D eigenvalue weighted by Gasteiger charge is 2.24. The van der Waals surface area contributed by atoms with Crippen molar-refractivity contribution in [2.45, 2.75) is 25.8 Å². The number of fused-ring (bicyclic) bond motifs is 1. The second-order valence-corrected chi connectivity index (χ2v) is 7.74. The van der Waals surface area contributed by atoms with Gasteiger partial charge in [0.1, 0.15) is 23.5 Å². The van der Waals surface area contributed by atoms with E-state index < -0.39 is 0 Å². The summed E-state index contributed by atoms with van der Waals surface area (Å²) in [5.41, 5.74) is 2.78. The van der Waals surface area contributed by atoms with Gasteiger partial charge < -0.3 is 19.4 Å². The van der Waals surface area contributed by atoms with E-state index >= 15 is 0 Å². The number of nitrogens with zero attached hydrogens (tertiary/aromatic N) is 5. The quantitative estimate of drug-likeness (QED) is 0.486. The Bertz CT molecular complexity index is 1260. The minimum absolute atomic E-state index is 0.141. The van der Waals surface area contributed by atoms with E-state index in [4.69, 9.17) is 14.1 Å². The number of ether oxygens (including phenoxy) is 1. The SMILES string of the molecule is CCOC(=O)N1CCC(Nc2nccc(-c3c(-c4ccc(F)cc4)nc4occn34)n2)CC1. The van der Waals surface area contributed by atoms with Crippen molar-refractivity contribution < 1.29 is 18.3 Å². The highest BCUT2D eigenvalue weighted by Crippen LogP contribution is 2.32. The molecule has 5 rings (SSSR count). The lowest BCUT2D eigenvalue weighted by Crippen LogP contribution is -2.42. The molecule has 4 aromatic rings. The van der Waals surface area contributed by atoms with Crippen molar-refractivity contribution >= 4 is 17.9 Å². The van der Waals surface area contributed by atoms with Gasteiger partial charge in [-0.05, 0) is 50.1 Å². The Hall–Kier alpha value is -3.95. The number of carbonyl (C=O) groups excluding carboxylic acids is 1. The number of rotatable bonds is 5.